The number of carbonyl (C=O) groups is 1. The van der Waals surface area contributed by atoms with E-state index >= 15 is 0 Å². The molecule has 0 atom stereocenters. The fourth-order valence-electron chi connectivity index (χ4n) is 1.44. The van der Waals surface area contributed by atoms with Crippen LogP contribution in [0.4, 0.5) is 13.2 Å². The van der Waals surface area contributed by atoms with Crippen molar-refractivity contribution in [3.05, 3.63) is 54.2 Å². The summed E-state index contributed by atoms with van der Waals surface area (Å²) in [5.74, 6) is -1.15. The van der Waals surface area contributed by atoms with Gasteiger partial charge >= 0.3 is 6.30 Å². The lowest BCUT2D eigenvalue weighted by Crippen LogP contribution is -2.37. The van der Waals surface area contributed by atoms with Crippen molar-refractivity contribution in [1.82, 2.24) is 10.3 Å². The summed E-state index contributed by atoms with van der Waals surface area (Å²) < 4.78 is 41.8. The maximum Gasteiger partial charge on any atom is 0.484 e. The monoisotopic (exact) mass is 282 g/mol. The molecule has 1 heterocycles. The summed E-state index contributed by atoms with van der Waals surface area (Å²) in [5.41, 5.74) is -0.298. The molecular formula is C13H9F3N2O2. The second kappa shape index (κ2) is 5.60. The Hall–Kier alpha value is -2.57. The molecule has 0 radical (unpaired) electrons. The summed E-state index contributed by atoms with van der Waals surface area (Å²) in [6.45, 7) is 0. The minimum absolute atomic E-state index is 0.194. The third kappa shape index (κ3) is 3.71. The molecule has 0 bridgehead atoms. The Bertz CT molecular complexity index is 600. The number of halogens is 3. The van der Waals surface area contributed by atoms with Crippen molar-refractivity contribution in [1.29, 1.82) is 0 Å². The Morgan fingerprint density at radius 3 is 2.45 bits per heavy atom. The van der Waals surface area contributed by atoms with Crippen LogP contribution in [0.3, 0.4) is 0 Å². The summed E-state index contributed by atoms with van der Waals surface area (Å²) in [5, 5.41) is 0.903. The van der Waals surface area contributed by atoms with Crippen LogP contribution in [0, 0.1) is 0 Å². The molecule has 1 aromatic heterocycles. The first kappa shape index (κ1) is 13.9. The lowest BCUT2D eigenvalue weighted by atomic mass is 10.2. The fraction of sp³-hybridized carbons (Fsp3) is 0.0769. The molecule has 20 heavy (non-hydrogen) atoms. The zero-order chi connectivity index (χ0) is 14.6. The van der Waals surface area contributed by atoms with Crippen LogP contribution in [0.5, 0.6) is 11.6 Å². The van der Waals surface area contributed by atoms with E-state index in [1.807, 2.05) is 0 Å². The highest BCUT2D eigenvalue weighted by Gasteiger charge is 2.31. The predicted octanol–water partition coefficient (Wildman–Crippen LogP) is 3.12. The summed E-state index contributed by atoms with van der Waals surface area (Å²) in [4.78, 5) is 15.3. The number of rotatable bonds is 3. The van der Waals surface area contributed by atoms with E-state index in [-0.39, 0.29) is 11.4 Å². The van der Waals surface area contributed by atoms with Gasteiger partial charge in [-0.3, -0.25) is 10.1 Å². The number of ether oxygens (including phenoxy) is 1. The number of aromatic nitrogens is 1. The smallest absolute Gasteiger partial charge is 0.438 e. The number of pyridine rings is 1. The molecule has 4 nitrogen and oxygen atoms in total. The zero-order valence-electron chi connectivity index (χ0n) is 10.0. The Labute approximate surface area is 112 Å². The number of carbonyl (C=O) groups excluding carboxylic acids is 1. The highest BCUT2D eigenvalue weighted by atomic mass is 19.4. The van der Waals surface area contributed by atoms with Gasteiger partial charge in [0, 0.05) is 6.20 Å². The van der Waals surface area contributed by atoms with Gasteiger partial charge in [-0.1, -0.05) is 18.2 Å². The molecule has 1 amide bonds. The van der Waals surface area contributed by atoms with Gasteiger partial charge in [0.05, 0.1) is 0 Å². The molecule has 104 valence electrons. The molecule has 1 aromatic carbocycles. The molecule has 7 heteroatoms. The SMILES string of the molecule is O=C(NC(F)(F)F)c1cccnc1Oc1ccccc1. The highest BCUT2D eigenvalue weighted by molar-refractivity contribution is 5.96. The minimum Gasteiger partial charge on any atom is -0.438 e. The summed E-state index contributed by atoms with van der Waals surface area (Å²) in [6.07, 6.45) is -3.49. The van der Waals surface area contributed by atoms with Crippen molar-refractivity contribution in [2.75, 3.05) is 0 Å². The lowest BCUT2D eigenvalue weighted by Gasteiger charge is -2.11. The number of hydrogen-bond donors (Lipinski definition) is 1. The number of benzene rings is 1. The number of para-hydroxylation sites is 1. The van der Waals surface area contributed by atoms with Gasteiger partial charge in [0.15, 0.2) is 0 Å². The van der Waals surface area contributed by atoms with Gasteiger partial charge in [-0.25, -0.2) is 4.98 Å². The zero-order valence-corrected chi connectivity index (χ0v) is 10.0. The second-order valence-corrected chi connectivity index (χ2v) is 3.72. The Balaban J connectivity index is 2.25. The molecule has 2 rings (SSSR count). The molecule has 0 aliphatic carbocycles. The van der Waals surface area contributed by atoms with Crippen LogP contribution in [0.2, 0.25) is 0 Å². The van der Waals surface area contributed by atoms with Gasteiger partial charge in [-0.05, 0) is 24.3 Å². The van der Waals surface area contributed by atoms with E-state index in [9.17, 15) is 18.0 Å². The molecule has 0 aliphatic heterocycles. The van der Waals surface area contributed by atoms with Gasteiger partial charge in [0.2, 0.25) is 5.88 Å². The molecule has 1 N–H and O–H groups in total. The van der Waals surface area contributed by atoms with Crippen LogP contribution < -0.4 is 10.1 Å². The highest BCUT2D eigenvalue weighted by Crippen LogP contribution is 2.23. The topological polar surface area (TPSA) is 51.2 Å². The Morgan fingerprint density at radius 2 is 1.80 bits per heavy atom. The molecule has 0 unspecified atom stereocenters. The van der Waals surface area contributed by atoms with Gasteiger partial charge in [0.1, 0.15) is 11.3 Å². The first-order chi connectivity index (χ1) is 9.46. The van der Waals surface area contributed by atoms with Crippen molar-refractivity contribution in [2.24, 2.45) is 0 Å². The van der Waals surface area contributed by atoms with Crippen molar-refractivity contribution in [2.45, 2.75) is 6.30 Å². The van der Waals surface area contributed by atoms with E-state index in [2.05, 4.69) is 4.98 Å². The van der Waals surface area contributed by atoms with E-state index < -0.39 is 12.2 Å². The molecule has 0 saturated carbocycles. The van der Waals surface area contributed by atoms with E-state index in [1.54, 1.807) is 30.3 Å². The maximum atomic E-state index is 12.2. The van der Waals surface area contributed by atoms with Crippen LogP contribution in [-0.4, -0.2) is 17.2 Å². The summed E-state index contributed by atoms with van der Waals surface area (Å²) in [7, 11) is 0. The van der Waals surface area contributed by atoms with E-state index in [4.69, 9.17) is 4.74 Å². The largest absolute Gasteiger partial charge is 0.484 e. The van der Waals surface area contributed by atoms with Crippen molar-refractivity contribution >= 4 is 5.91 Å². The van der Waals surface area contributed by atoms with Crippen LogP contribution in [0.1, 0.15) is 10.4 Å². The van der Waals surface area contributed by atoms with Crippen LogP contribution in [0.25, 0.3) is 0 Å². The Kier molecular flexibility index (Phi) is 3.88. The van der Waals surface area contributed by atoms with Crippen molar-refractivity contribution < 1.29 is 22.7 Å². The van der Waals surface area contributed by atoms with Crippen LogP contribution in [0.15, 0.2) is 48.7 Å². The summed E-state index contributed by atoms with van der Waals surface area (Å²) in [6, 6.07) is 10.9. The maximum absolute atomic E-state index is 12.2. The summed E-state index contributed by atoms with van der Waals surface area (Å²) >= 11 is 0. The number of nitrogens with one attached hydrogen (secondary N) is 1. The predicted molar refractivity (Wildman–Crippen MR) is 64.3 cm³/mol. The number of amides is 1. The van der Waals surface area contributed by atoms with E-state index in [0.29, 0.717) is 5.75 Å². The van der Waals surface area contributed by atoms with Gasteiger partial charge in [-0.2, -0.15) is 13.2 Å². The quantitative estimate of drug-likeness (QED) is 0.880. The normalized spacial score (nSPS) is 10.9. The molecule has 0 fully saturated rings. The first-order valence-electron chi connectivity index (χ1n) is 5.53. The number of alkyl halides is 3. The first-order valence-corrected chi connectivity index (χ1v) is 5.53. The standard InChI is InChI=1S/C13H9F3N2O2/c14-13(15,16)18-11(19)10-7-4-8-17-12(10)20-9-5-2-1-3-6-9/h1-8H,(H,18,19). The molecular weight excluding hydrogens is 273 g/mol. The van der Waals surface area contributed by atoms with Gasteiger partial charge in [-0.15, -0.1) is 0 Å². The minimum atomic E-state index is -4.81. The van der Waals surface area contributed by atoms with Crippen LogP contribution >= 0.6 is 0 Å². The third-order valence-electron chi connectivity index (χ3n) is 2.23. The number of nitrogens with zero attached hydrogens (tertiary/aromatic N) is 1. The average molecular weight is 282 g/mol. The fourth-order valence-corrected chi connectivity index (χ4v) is 1.44. The van der Waals surface area contributed by atoms with Crippen LogP contribution in [-0.2, 0) is 0 Å². The van der Waals surface area contributed by atoms with Crippen molar-refractivity contribution in [3.8, 4) is 11.6 Å². The second-order valence-electron chi connectivity index (χ2n) is 3.72. The molecule has 0 spiro atoms. The van der Waals surface area contributed by atoms with Gasteiger partial charge < -0.3 is 4.74 Å². The molecule has 2 aromatic rings. The number of hydrogen-bond acceptors (Lipinski definition) is 3. The van der Waals surface area contributed by atoms with Crippen molar-refractivity contribution in [3.63, 3.8) is 0 Å². The average Bonchev–Trinajstić information content (AvgIpc) is 2.38. The van der Waals surface area contributed by atoms with Gasteiger partial charge in [0.25, 0.3) is 5.91 Å². The third-order valence-corrected chi connectivity index (χ3v) is 2.23. The van der Waals surface area contributed by atoms with E-state index in [1.165, 1.54) is 18.3 Å². The Morgan fingerprint density at radius 1 is 1.10 bits per heavy atom. The molecule has 0 saturated heterocycles. The van der Waals surface area contributed by atoms with E-state index in [0.717, 1.165) is 5.32 Å². The molecule has 0 aliphatic rings. The lowest BCUT2D eigenvalue weighted by molar-refractivity contribution is -0.146.